The first-order valence-electron chi connectivity index (χ1n) is 6.68. The normalized spacial score (nSPS) is 11.4. The van der Waals surface area contributed by atoms with E-state index in [0.717, 1.165) is 10.5 Å². The molecule has 0 fully saturated rings. The number of carboxylic acid groups (broad SMARTS) is 1. The molecular formula is C15H19NO6. The third-order valence-corrected chi connectivity index (χ3v) is 3.10. The molecule has 7 nitrogen and oxygen atoms in total. The summed E-state index contributed by atoms with van der Waals surface area (Å²) in [7, 11) is 2.54. The lowest BCUT2D eigenvalue weighted by atomic mass is 10.1. The SMILES string of the molecule is COC(=O)CC[C@H](C(=O)O)N(C)C(=O)OCc1ccccc1. The Balaban J connectivity index is 2.56. The van der Waals surface area contributed by atoms with Crippen LogP contribution in [0.3, 0.4) is 0 Å². The standard InChI is InChI=1S/C15H19NO6/c1-16(12(14(18)19)8-9-13(17)21-2)15(20)22-10-11-6-4-3-5-7-11/h3-7,12H,8-10H2,1-2H3,(H,18,19)/t12-/m1/s1. The quantitative estimate of drug-likeness (QED) is 0.770. The van der Waals surface area contributed by atoms with Gasteiger partial charge >= 0.3 is 18.0 Å². The van der Waals surface area contributed by atoms with E-state index < -0.39 is 24.1 Å². The molecule has 1 rings (SSSR count). The maximum Gasteiger partial charge on any atom is 0.410 e. The van der Waals surface area contributed by atoms with E-state index in [2.05, 4.69) is 4.74 Å². The summed E-state index contributed by atoms with van der Waals surface area (Å²) < 4.78 is 9.52. The Morgan fingerprint density at radius 1 is 1.23 bits per heavy atom. The molecule has 1 atom stereocenters. The van der Waals surface area contributed by atoms with Gasteiger partial charge in [0.15, 0.2) is 0 Å². The Morgan fingerprint density at radius 2 is 1.86 bits per heavy atom. The van der Waals surface area contributed by atoms with Crippen LogP contribution in [-0.4, -0.2) is 48.2 Å². The number of esters is 1. The highest BCUT2D eigenvalue weighted by Crippen LogP contribution is 2.10. The second-order valence-corrected chi connectivity index (χ2v) is 4.62. The van der Waals surface area contributed by atoms with Crippen LogP contribution in [0.15, 0.2) is 30.3 Å². The molecule has 0 bridgehead atoms. The topological polar surface area (TPSA) is 93.1 Å². The van der Waals surface area contributed by atoms with Gasteiger partial charge in [-0.3, -0.25) is 9.69 Å². The van der Waals surface area contributed by atoms with Crippen molar-refractivity contribution in [3.8, 4) is 0 Å². The molecule has 1 N–H and O–H groups in total. The molecule has 0 radical (unpaired) electrons. The average molecular weight is 309 g/mol. The van der Waals surface area contributed by atoms with Crippen molar-refractivity contribution in [2.45, 2.75) is 25.5 Å². The summed E-state index contributed by atoms with van der Waals surface area (Å²) in [4.78, 5) is 35.2. The number of hydrogen-bond donors (Lipinski definition) is 1. The largest absolute Gasteiger partial charge is 0.480 e. The number of benzene rings is 1. The van der Waals surface area contributed by atoms with Gasteiger partial charge in [0.2, 0.25) is 0 Å². The van der Waals surface area contributed by atoms with Gasteiger partial charge in [-0.2, -0.15) is 0 Å². The number of methoxy groups -OCH3 is 1. The minimum Gasteiger partial charge on any atom is -0.480 e. The second-order valence-electron chi connectivity index (χ2n) is 4.62. The van der Waals surface area contributed by atoms with Gasteiger partial charge in [0.1, 0.15) is 12.6 Å². The fourth-order valence-electron chi connectivity index (χ4n) is 1.79. The van der Waals surface area contributed by atoms with Crippen molar-refractivity contribution in [2.24, 2.45) is 0 Å². The summed E-state index contributed by atoms with van der Waals surface area (Å²) in [6.45, 7) is 0.0490. The van der Waals surface area contributed by atoms with Crippen LogP contribution in [-0.2, 0) is 25.7 Å². The molecule has 0 aliphatic heterocycles. The molecule has 120 valence electrons. The number of hydrogen-bond acceptors (Lipinski definition) is 5. The number of nitrogens with zero attached hydrogens (tertiary/aromatic N) is 1. The zero-order valence-electron chi connectivity index (χ0n) is 12.5. The van der Waals surface area contributed by atoms with Crippen LogP contribution in [0.5, 0.6) is 0 Å². The minimum absolute atomic E-state index is 0.0427. The van der Waals surface area contributed by atoms with E-state index in [1.165, 1.54) is 14.2 Å². The number of aliphatic carboxylic acids is 1. The predicted molar refractivity (Wildman–Crippen MR) is 77.1 cm³/mol. The van der Waals surface area contributed by atoms with Gasteiger partial charge < -0.3 is 14.6 Å². The number of ether oxygens (including phenoxy) is 2. The molecule has 0 aliphatic rings. The zero-order valence-corrected chi connectivity index (χ0v) is 12.5. The van der Waals surface area contributed by atoms with Crippen molar-refractivity contribution in [3.05, 3.63) is 35.9 Å². The first-order valence-corrected chi connectivity index (χ1v) is 6.68. The maximum atomic E-state index is 11.9. The molecule has 1 amide bonds. The Hall–Kier alpha value is -2.57. The zero-order chi connectivity index (χ0) is 16.5. The molecule has 0 saturated carbocycles. The number of likely N-dealkylation sites (N-methyl/N-ethyl adjacent to an activating group) is 1. The Morgan fingerprint density at radius 3 is 2.41 bits per heavy atom. The molecule has 1 aromatic rings. The van der Waals surface area contributed by atoms with Gasteiger partial charge in [0, 0.05) is 13.5 Å². The van der Waals surface area contributed by atoms with Crippen LogP contribution in [0, 0.1) is 0 Å². The molecular weight excluding hydrogens is 290 g/mol. The Bertz CT molecular complexity index is 516. The van der Waals surface area contributed by atoms with Crippen LogP contribution in [0.25, 0.3) is 0 Å². The van der Waals surface area contributed by atoms with Gasteiger partial charge in [0.25, 0.3) is 0 Å². The van der Waals surface area contributed by atoms with Crippen molar-refractivity contribution in [1.29, 1.82) is 0 Å². The van der Waals surface area contributed by atoms with Gasteiger partial charge in [-0.05, 0) is 12.0 Å². The highest BCUT2D eigenvalue weighted by Gasteiger charge is 2.28. The molecule has 0 unspecified atom stereocenters. The maximum absolute atomic E-state index is 11.9. The summed E-state index contributed by atoms with van der Waals surface area (Å²) in [6, 6.07) is 7.89. The monoisotopic (exact) mass is 309 g/mol. The highest BCUT2D eigenvalue weighted by atomic mass is 16.6. The predicted octanol–water partition coefficient (Wildman–Crippen LogP) is 1.66. The fraction of sp³-hybridized carbons (Fsp3) is 0.400. The van der Waals surface area contributed by atoms with Crippen LogP contribution in [0.2, 0.25) is 0 Å². The Kier molecular flexibility index (Phi) is 6.88. The summed E-state index contributed by atoms with van der Waals surface area (Å²) in [5.41, 5.74) is 0.797. The third-order valence-electron chi connectivity index (χ3n) is 3.10. The van der Waals surface area contributed by atoms with E-state index in [4.69, 9.17) is 9.84 Å². The van der Waals surface area contributed by atoms with E-state index in [1.807, 2.05) is 18.2 Å². The summed E-state index contributed by atoms with van der Waals surface area (Å²) >= 11 is 0. The van der Waals surface area contributed by atoms with Gasteiger partial charge in [-0.25, -0.2) is 9.59 Å². The summed E-state index contributed by atoms with van der Waals surface area (Å²) in [5, 5.41) is 9.16. The van der Waals surface area contributed by atoms with Crippen molar-refractivity contribution >= 4 is 18.0 Å². The van der Waals surface area contributed by atoms with E-state index in [0.29, 0.717) is 0 Å². The molecule has 0 heterocycles. The molecule has 7 heteroatoms. The molecule has 22 heavy (non-hydrogen) atoms. The number of carbonyl (C=O) groups excluding carboxylic acids is 2. The molecule has 0 aliphatic carbocycles. The smallest absolute Gasteiger partial charge is 0.410 e. The first kappa shape index (κ1) is 17.5. The first-order chi connectivity index (χ1) is 10.5. The van der Waals surface area contributed by atoms with Gasteiger partial charge in [-0.15, -0.1) is 0 Å². The van der Waals surface area contributed by atoms with Gasteiger partial charge in [0.05, 0.1) is 7.11 Å². The van der Waals surface area contributed by atoms with Crippen LogP contribution >= 0.6 is 0 Å². The van der Waals surface area contributed by atoms with E-state index in [1.54, 1.807) is 12.1 Å². The van der Waals surface area contributed by atoms with Crippen LogP contribution in [0.1, 0.15) is 18.4 Å². The number of rotatable bonds is 7. The summed E-state index contributed by atoms with van der Waals surface area (Å²) in [5.74, 6) is -1.74. The lowest BCUT2D eigenvalue weighted by Crippen LogP contribution is -2.43. The van der Waals surface area contributed by atoms with Gasteiger partial charge in [-0.1, -0.05) is 30.3 Å². The van der Waals surface area contributed by atoms with Crippen molar-refractivity contribution in [2.75, 3.05) is 14.2 Å². The van der Waals surface area contributed by atoms with E-state index in [-0.39, 0.29) is 19.4 Å². The third kappa shape index (κ3) is 5.43. The lowest BCUT2D eigenvalue weighted by molar-refractivity contribution is -0.144. The Labute approximate surface area is 128 Å². The van der Waals surface area contributed by atoms with E-state index >= 15 is 0 Å². The second kappa shape index (κ2) is 8.66. The molecule has 0 spiro atoms. The average Bonchev–Trinajstić information content (AvgIpc) is 2.52. The lowest BCUT2D eigenvalue weighted by Gasteiger charge is -2.23. The minimum atomic E-state index is -1.21. The molecule has 1 aromatic carbocycles. The van der Waals surface area contributed by atoms with E-state index in [9.17, 15) is 14.4 Å². The summed E-state index contributed by atoms with van der Waals surface area (Å²) in [6.07, 6.45) is -0.899. The number of amides is 1. The van der Waals surface area contributed by atoms with Crippen LogP contribution in [0.4, 0.5) is 4.79 Å². The van der Waals surface area contributed by atoms with Crippen molar-refractivity contribution in [3.63, 3.8) is 0 Å². The van der Waals surface area contributed by atoms with Crippen LogP contribution < -0.4 is 0 Å². The van der Waals surface area contributed by atoms with Crippen molar-refractivity contribution in [1.82, 2.24) is 4.90 Å². The van der Waals surface area contributed by atoms with Crippen molar-refractivity contribution < 1.29 is 29.0 Å². The highest BCUT2D eigenvalue weighted by molar-refractivity contribution is 5.80. The fourth-order valence-corrected chi connectivity index (χ4v) is 1.79. The molecule has 0 saturated heterocycles. The molecule has 0 aromatic heterocycles. The number of carboxylic acids is 1. The number of carbonyl (C=O) groups is 3.